The lowest BCUT2D eigenvalue weighted by Crippen LogP contribution is -2.16. The molecule has 0 bridgehead atoms. The molecule has 0 fully saturated rings. The van der Waals surface area contributed by atoms with Gasteiger partial charge in [0.05, 0.1) is 16.3 Å². The van der Waals surface area contributed by atoms with Crippen LogP contribution in [0.3, 0.4) is 0 Å². The van der Waals surface area contributed by atoms with Gasteiger partial charge < -0.3 is 15.2 Å². The number of hydrogen-bond donors (Lipinski definition) is 2. The van der Waals surface area contributed by atoms with Gasteiger partial charge in [0, 0.05) is 11.1 Å². The number of rotatable bonds is 7. The number of carbonyl (C=O) groups excluding carboxylic acids is 1. The number of carboxylic acids is 1. The average molecular weight is 451 g/mol. The number of nitrogens with zero attached hydrogens (tertiary/aromatic N) is 1. The molecule has 3 aromatic carbocycles. The maximum Gasteiger partial charge on any atom is 0.337 e. The van der Waals surface area contributed by atoms with Crippen molar-refractivity contribution in [2.75, 3.05) is 5.32 Å². The molecule has 0 aromatic heterocycles. The van der Waals surface area contributed by atoms with Crippen molar-refractivity contribution in [1.82, 2.24) is 0 Å². The topological polar surface area (TPSA) is 99.4 Å². The van der Waals surface area contributed by atoms with E-state index in [9.17, 15) is 24.3 Å². The van der Waals surface area contributed by atoms with Gasteiger partial charge in [-0.05, 0) is 36.4 Å². The maximum atomic E-state index is 14.0. The molecule has 1 amide bonds. The van der Waals surface area contributed by atoms with Crippen molar-refractivity contribution < 1.29 is 23.8 Å². The molecule has 8 heteroatoms. The fourth-order valence-electron chi connectivity index (χ4n) is 2.82. The zero-order valence-corrected chi connectivity index (χ0v) is 17.3. The second-order valence-electron chi connectivity index (χ2n) is 6.50. The zero-order valence-electron chi connectivity index (χ0n) is 16.5. The Morgan fingerprint density at radius 2 is 1.81 bits per heavy atom. The van der Waals surface area contributed by atoms with E-state index in [4.69, 9.17) is 16.3 Å². The summed E-state index contributed by atoms with van der Waals surface area (Å²) < 4.78 is 19.7. The molecule has 2 N–H and O–H groups in total. The largest absolute Gasteiger partial charge is 0.488 e. The minimum absolute atomic E-state index is 0.0601. The average Bonchev–Trinajstić information content (AvgIpc) is 2.78. The van der Waals surface area contributed by atoms with E-state index in [1.54, 1.807) is 42.5 Å². The third-order valence-electron chi connectivity index (χ3n) is 4.42. The van der Waals surface area contributed by atoms with E-state index in [0.29, 0.717) is 11.3 Å². The van der Waals surface area contributed by atoms with Crippen LogP contribution in [0.4, 0.5) is 10.1 Å². The number of benzene rings is 3. The highest BCUT2D eigenvalue weighted by Crippen LogP contribution is 2.26. The highest BCUT2D eigenvalue weighted by molar-refractivity contribution is 6.31. The predicted molar refractivity (Wildman–Crippen MR) is 118 cm³/mol. The first-order chi connectivity index (χ1) is 15.4. The van der Waals surface area contributed by atoms with Crippen LogP contribution >= 0.6 is 11.6 Å². The Morgan fingerprint density at radius 3 is 2.53 bits per heavy atom. The number of amides is 1. The molecule has 3 rings (SSSR count). The summed E-state index contributed by atoms with van der Waals surface area (Å²) in [6.45, 7) is -0.156. The highest BCUT2D eigenvalue weighted by atomic mass is 35.5. The fraction of sp³-hybridized carbons (Fsp3) is 0.0417. The van der Waals surface area contributed by atoms with Gasteiger partial charge in [0.2, 0.25) is 0 Å². The molecule has 0 atom stereocenters. The number of nitriles is 1. The molecule has 3 aromatic rings. The van der Waals surface area contributed by atoms with Gasteiger partial charge in [-0.25, -0.2) is 9.18 Å². The lowest BCUT2D eigenvalue weighted by molar-refractivity contribution is -0.112. The quantitative estimate of drug-likeness (QED) is 0.375. The summed E-state index contributed by atoms with van der Waals surface area (Å²) in [6, 6.07) is 18.5. The lowest BCUT2D eigenvalue weighted by Gasteiger charge is -2.12. The number of nitrogens with one attached hydrogen (secondary N) is 1. The number of hydrogen-bond acceptors (Lipinski definition) is 4. The van der Waals surface area contributed by atoms with Crippen LogP contribution in [0.1, 0.15) is 21.5 Å². The molecular formula is C24H16ClFN2O4. The van der Waals surface area contributed by atoms with Crippen molar-refractivity contribution in [3.8, 4) is 11.8 Å². The van der Waals surface area contributed by atoms with Gasteiger partial charge in [0.15, 0.2) is 0 Å². The van der Waals surface area contributed by atoms with Crippen molar-refractivity contribution in [1.29, 1.82) is 5.26 Å². The van der Waals surface area contributed by atoms with E-state index in [2.05, 4.69) is 5.32 Å². The summed E-state index contributed by atoms with van der Waals surface area (Å²) in [7, 11) is 0. The molecular weight excluding hydrogens is 435 g/mol. The Kier molecular flexibility index (Phi) is 7.21. The van der Waals surface area contributed by atoms with Crippen LogP contribution in [0.5, 0.6) is 5.75 Å². The third kappa shape index (κ3) is 5.31. The first kappa shape index (κ1) is 22.5. The molecule has 0 aliphatic rings. The smallest absolute Gasteiger partial charge is 0.337 e. The van der Waals surface area contributed by atoms with Gasteiger partial charge >= 0.3 is 5.97 Å². The van der Waals surface area contributed by atoms with Gasteiger partial charge in [-0.3, -0.25) is 4.79 Å². The number of para-hydroxylation sites is 2. The van der Waals surface area contributed by atoms with Crippen molar-refractivity contribution in [2.24, 2.45) is 0 Å². The Hall–Kier alpha value is -4.15. The van der Waals surface area contributed by atoms with Gasteiger partial charge in [-0.2, -0.15) is 5.26 Å². The Labute approximate surface area is 188 Å². The van der Waals surface area contributed by atoms with E-state index in [-0.39, 0.29) is 34.0 Å². The highest BCUT2D eigenvalue weighted by Gasteiger charge is 2.16. The molecule has 0 aliphatic carbocycles. The van der Waals surface area contributed by atoms with E-state index >= 15 is 0 Å². The Balaban J connectivity index is 1.85. The minimum atomic E-state index is -1.21. The molecule has 0 spiro atoms. The minimum Gasteiger partial charge on any atom is -0.488 e. The second kappa shape index (κ2) is 10.2. The van der Waals surface area contributed by atoms with Crippen molar-refractivity contribution in [3.63, 3.8) is 0 Å². The lowest BCUT2D eigenvalue weighted by atomic mass is 10.1. The number of carbonyl (C=O) groups is 2. The van der Waals surface area contributed by atoms with Crippen molar-refractivity contribution in [3.05, 3.63) is 99.8 Å². The van der Waals surface area contributed by atoms with E-state index < -0.39 is 17.7 Å². The Bertz CT molecular complexity index is 1230. The van der Waals surface area contributed by atoms with Crippen LogP contribution in [0, 0.1) is 17.1 Å². The molecule has 160 valence electrons. The third-order valence-corrected chi connectivity index (χ3v) is 4.78. The summed E-state index contributed by atoms with van der Waals surface area (Å²) >= 11 is 6.03. The Morgan fingerprint density at radius 1 is 1.09 bits per heavy atom. The molecule has 0 heterocycles. The first-order valence-corrected chi connectivity index (χ1v) is 9.68. The van der Waals surface area contributed by atoms with Gasteiger partial charge in [-0.15, -0.1) is 0 Å². The van der Waals surface area contributed by atoms with Crippen molar-refractivity contribution >= 4 is 35.2 Å². The van der Waals surface area contributed by atoms with Gasteiger partial charge in [0.25, 0.3) is 5.91 Å². The van der Waals surface area contributed by atoms with E-state index in [1.165, 1.54) is 36.4 Å². The van der Waals surface area contributed by atoms with Crippen LogP contribution in [0.25, 0.3) is 6.08 Å². The zero-order chi connectivity index (χ0) is 23.1. The standard InChI is InChI=1S/C24H16ClFN2O4/c25-19-8-5-9-20(26)18(19)14-32-22-11-4-1-6-15(22)12-16(13-27)23(29)28-21-10-3-2-7-17(21)24(30)31/h1-12H,14H2,(H,28,29)(H,30,31)/b16-12+. The molecule has 0 saturated carbocycles. The monoisotopic (exact) mass is 450 g/mol. The number of ether oxygens (including phenoxy) is 1. The molecule has 6 nitrogen and oxygen atoms in total. The number of halogens is 2. The number of aromatic carboxylic acids is 1. The molecule has 0 aliphatic heterocycles. The molecule has 32 heavy (non-hydrogen) atoms. The van der Waals surface area contributed by atoms with Crippen molar-refractivity contribution in [2.45, 2.75) is 6.61 Å². The summed E-state index contributed by atoms with van der Waals surface area (Å²) in [4.78, 5) is 23.9. The van der Waals surface area contributed by atoms with Crippen LogP contribution in [-0.2, 0) is 11.4 Å². The molecule has 0 radical (unpaired) electrons. The second-order valence-corrected chi connectivity index (χ2v) is 6.91. The van der Waals surface area contributed by atoms with E-state index in [1.807, 2.05) is 0 Å². The summed E-state index contributed by atoms with van der Waals surface area (Å²) in [6.07, 6.45) is 1.30. The fourth-order valence-corrected chi connectivity index (χ4v) is 3.04. The molecule has 0 unspecified atom stereocenters. The predicted octanol–water partition coefficient (Wildman–Crippen LogP) is 5.30. The summed E-state index contributed by atoms with van der Waals surface area (Å²) in [5.41, 5.74) is 0.258. The van der Waals surface area contributed by atoms with Crippen LogP contribution in [0.15, 0.2) is 72.3 Å². The number of anilines is 1. The maximum absolute atomic E-state index is 14.0. The number of carboxylic acid groups (broad SMARTS) is 1. The SMILES string of the molecule is N#C/C(=C\c1ccccc1OCc1c(F)cccc1Cl)C(=O)Nc1ccccc1C(=O)O. The summed E-state index contributed by atoms with van der Waals surface area (Å²) in [5.74, 6) is -2.21. The van der Waals surface area contributed by atoms with Gasteiger partial charge in [-0.1, -0.05) is 48.0 Å². The van der Waals surface area contributed by atoms with Crippen LogP contribution in [0.2, 0.25) is 5.02 Å². The normalized spacial score (nSPS) is 10.8. The van der Waals surface area contributed by atoms with Gasteiger partial charge in [0.1, 0.15) is 29.8 Å². The summed E-state index contributed by atoms with van der Waals surface area (Å²) in [5, 5.41) is 21.4. The van der Waals surface area contributed by atoms with E-state index in [0.717, 1.165) is 0 Å². The molecule has 0 saturated heterocycles. The first-order valence-electron chi connectivity index (χ1n) is 9.31. The van der Waals surface area contributed by atoms with Crippen LogP contribution in [-0.4, -0.2) is 17.0 Å². The van der Waals surface area contributed by atoms with Crippen LogP contribution < -0.4 is 10.1 Å².